The van der Waals surface area contributed by atoms with E-state index in [1.54, 1.807) is 0 Å². The molecule has 0 aliphatic rings. The summed E-state index contributed by atoms with van der Waals surface area (Å²) in [7, 11) is -3.93. The Balaban J connectivity index is 2.64. The minimum Gasteiger partial charge on any atom is -0.375 e. The topological polar surface area (TPSA) is 98.5 Å². The molecule has 0 saturated carbocycles. The highest BCUT2D eigenvalue weighted by Gasteiger charge is 2.13. The number of hydrogen-bond acceptors (Lipinski definition) is 4. The molecule has 0 saturated heterocycles. The van der Waals surface area contributed by atoms with Gasteiger partial charge in [0.1, 0.15) is 6.61 Å². The van der Waals surface area contributed by atoms with Crippen LogP contribution in [-0.2, 0) is 19.6 Å². The second-order valence-electron chi connectivity index (χ2n) is 3.95. The van der Waals surface area contributed by atoms with Crippen molar-refractivity contribution in [3.8, 4) is 0 Å². The molecule has 0 unspecified atom stereocenters. The zero-order valence-electron chi connectivity index (χ0n) is 10.7. The molecular formula is C11H13ClF2N2O4S. The molecule has 0 radical (unpaired) electrons. The molecular weight excluding hydrogens is 330 g/mol. The zero-order valence-corrected chi connectivity index (χ0v) is 12.3. The van der Waals surface area contributed by atoms with Crippen LogP contribution in [-0.4, -0.2) is 34.0 Å². The molecule has 1 rings (SSSR count). The van der Waals surface area contributed by atoms with E-state index in [9.17, 15) is 22.0 Å². The van der Waals surface area contributed by atoms with Gasteiger partial charge in [-0.3, -0.25) is 4.79 Å². The lowest BCUT2D eigenvalue weighted by atomic mass is 10.3. The van der Waals surface area contributed by atoms with Crippen molar-refractivity contribution in [2.75, 3.05) is 18.5 Å². The summed E-state index contributed by atoms with van der Waals surface area (Å²) >= 11 is 5.81. The van der Waals surface area contributed by atoms with Crippen molar-refractivity contribution >= 4 is 33.2 Å². The van der Waals surface area contributed by atoms with Crippen LogP contribution in [0.3, 0.4) is 0 Å². The van der Waals surface area contributed by atoms with Gasteiger partial charge in [0.15, 0.2) is 0 Å². The SMILES string of the molecule is NS(=O)(=O)c1ccc(Cl)c(NC(=O)CCOCC(F)F)c1. The Morgan fingerprint density at radius 2 is 2.10 bits per heavy atom. The van der Waals surface area contributed by atoms with Crippen LogP contribution in [0.4, 0.5) is 14.5 Å². The van der Waals surface area contributed by atoms with Crippen LogP contribution >= 0.6 is 11.6 Å². The molecule has 21 heavy (non-hydrogen) atoms. The highest BCUT2D eigenvalue weighted by atomic mass is 35.5. The number of nitrogens with two attached hydrogens (primary N) is 1. The van der Waals surface area contributed by atoms with Gasteiger partial charge >= 0.3 is 0 Å². The third-order valence-electron chi connectivity index (χ3n) is 2.26. The number of sulfonamides is 1. The van der Waals surface area contributed by atoms with Gasteiger partial charge in [0, 0.05) is 0 Å². The Hall–Kier alpha value is -1.29. The molecule has 3 N–H and O–H groups in total. The average molecular weight is 343 g/mol. The van der Waals surface area contributed by atoms with E-state index in [1.165, 1.54) is 12.1 Å². The number of carbonyl (C=O) groups excluding carboxylic acids is 1. The van der Waals surface area contributed by atoms with Crippen LogP contribution in [0.5, 0.6) is 0 Å². The number of carbonyl (C=O) groups is 1. The first-order valence-electron chi connectivity index (χ1n) is 5.68. The van der Waals surface area contributed by atoms with Crippen LogP contribution in [0.25, 0.3) is 0 Å². The summed E-state index contributed by atoms with van der Waals surface area (Å²) in [5.74, 6) is -0.558. The number of amides is 1. The highest BCUT2D eigenvalue weighted by molar-refractivity contribution is 7.89. The molecule has 6 nitrogen and oxygen atoms in total. The fourth-order valence-electron chi connectivity index (χ4n) is 1.33. The van der Waals surface area contributed by atoms with E-state index in [4.69, 9.17) is 16.7 Å². The largest absolute Gasteiger partial charge is 0.375 e. The van der Waals surface area contributed by atoms with Crippen molar-refractivity contribution in [3.05, 3.63) is 23.2 Å². The summed E-state index contributed by atoms with van der Waals surface area (Å²) in [5, 5.41) is 7.43. The minimum absolute atomic E-state index is 0.0575. The summed E-state index contributed by atoms with van der Waals surface area (Å²) < 4.78 is 50.5. The van der Waals surface area contributed by atoms with Gasteiger partial charge in [-0.15, -0.1) is 0 Å². The lowest BCUT2D eigenvalue weighted by Crippen LogP contribution is -2.17. The number of benzene rings is 1. The fraction of sp³-hybridized carbons (Fsp3) is 0.364. The number of anilines is 1. The molecule has 0 aromatic heterocycles. The number of halogens is 3. The van der Waals surface area contributed by atoms with Crippen LogP contribution in [0.1, 0.15) is 6.42 Å². The average Bonchev–Trinajstić information content (AvgIpc) is 2.36. The van der Waals surface area contributed by atoms with Gasteiger partial charge in [0.2, 0.25) is 15.9 Å². The van der Waals surface area contributed by atoms with Crippen LogP contribution in [0, 0.1) is 0 Å². The van der Waals surface area contributed by atoms with Gasteiger partial charge < -0.3 is 10.1 Å². The number of alkyl halides is 2. The van der Waals surface area contributed by atoms with E-state index in [1.807, 2.05) is 0 Å². The Labute approximate surface area is 125 Å². The van der Waals surface area contributed by atoms with E-state index in [0.29, 0.717) is 0 Å². The lowest BCUT2D eigenvalue weighted by Gasteiger charge is -2.09. The Morgan fingerprint density at radius 1 is 1.43 bits per heavy atom. The maximum absolute atomic E-state index is 11.8. The first-order valence-corrected chi connectivity index (χ1v) is 7.60. The fourth-order valence-corrected chi connectivity index (χ4v) is 2.03. The van der Waals surface area contributed by atoms with Gasteiger partial charge in [-0.05, 0) is 18.2 Å². The van der Waals surface area contributed by atoms with Crippen molar-refractivity contribution in [1.82, 2.24) is 0 Å². The summed E-state index contributed by atoms with van der Waals surface area (Å²) in [6.07, 6.45) is -2.78. The molecule has 118 valence electrons. The van der Waals surface area contributed by atoms with E-state index in [-0.39, 0.29) is 28.6 Å². The Kier molecular flexibility index (Phi) is 6.46. The van der Waals surface area contributed by atoms with Gasteiger partial charge in [0.05, 0.1) is 28.6 Å². The molecule has 0 fully saturated rings. The molecule has 0 spiro atoms. The van der Waals surface area contributed by atoms with Crippen molar-refractivity contribution < 1.29 is 26.7 Å². The second-order valence-corrected chi connectivity index (χ2v) is 5.92. The third kappa shape index (κ3) is 6.34. The van der Waals surface area contributed by atoms with Crippen LogP contribution < -0.4 is 10.5 Å². The second kappa shape index (κ2) is 7.64. The third-order valence-corrected chi connectivity index (χ3v) is 3.50. The predicted octanol–water partition coefficient (Wildman–Crippen LogP) is 1.60. The molecule has 1 aromatic carbocycles. The summed E-state index contributed by atoms with van der Waals surface area (Å²) in [6, 6.07) is 3.57. The quantitative estimate of drug-likeness (QED) is 0.735. The molecule has 0 atom stereocenters. The van der Waals surface area contributed by atoms with Crippen molar-refractivity contribution in [2.24, 2.45) is 5.14 Å². The molecule has 0 aliphatic heterocycles. The lowest BCUT2D eigenvalue weighted by molar-refractivity contribution is -0.117. The minimum atomic E-state index is -3.93. The first-order chi connectivity index (χ1) is 9.70. The number of primary sulfonamides is 1. The van der Waals surface area contributed by atoms with Crippen molar-refractivity contribution in [2.45, 2.75) is 17.7 Å². The smallest absolute Gasteiger partial charge is 0.261 e. The number of nitrogens with one attached hydrogen (secondary N) is 1. The van der Waals surface area contributed by atoms with Gasteiger partial charge in [-0.2, -0.15) is 0 Å². The first kappa shape index (κ1) is 17.8. The maximum atomic E-state index is 11.8. The Bertz CT molecular complexity index is 610. The molecule has 0 aliphatic carbocycles. The molecule has 1 amide bonds. The summed E-state index contributed by atoms with van der Waals surface area (Å²) in [5.41, 5.74) is 0.0575. The van der Waals surface area contributed by atoms with Crippen LogP contribution in [0.15, 0.2) is 23.1 Å². The van der Waals surface area contributed by atoms with E-state index in [0.717, 1.165) is 6.07 Å². The van der Waals surface area contributed by atoms with Gasteiger partial charge in [0.25, 0.3) is 6.43 Å². The number of hydrogen-bond donors (Lipinski definition) is 2. The highest BCUT2D eigenvalue weighted by Crippen LogP contribution is 2.24. The molecule has 10 heteroatoms. The van der Waals surface area contributed by atoms with E-state index < -0.39 is 29.0 Å². The van der Waals surface area contributed by atoms with E-state index in [2.05, 4.69) is 10.1 Å². The van der Waals surface area contributed by atoms with Crippen LogP contribution in [0.2, 0.25) is 5.02 Å². The normalized spacial score (nSPS) is 11.7. The predicted molar refractivity (Wildman–Crippen MR) is 72.9 cm³/mol. The van der Waals surface area contributed by atoms with Crippen molar-refractivity contribution in [3.63, 3.8) is 0 Å². The monoisotopic (exact) mass is 342 g/mol. The van der Waals surface area contributed by atoms with E-state index >= 15 is 0 Å². The Morgan fingerprint density at radius 3 is 2.67 bits per heavy atom. The van der Waals surface area contributed by atoms with Gasteiger partial charge in [-0.25, -0.2) is 22.3 Å². The van der Waals surface area contributed by atoms with Crippen molar-refractivity contribution in [1.29, 1.82) is 0 Å². The maximum Gasteiger partial charge on any atom is 0.261 e. The number of ether oxygens (including phenoxy) is 1. The zero-order chi connectivity index (χ0) is 16.0. The van der Waals surface area contributed by atoms with Gasteiger partial charge in [-0.1, -0.05) is 11.6 Å². The molecule has 0 heterocycles. The summed E-state index contributed by atoms with van der Waals surface area (Å²) in [4.78, 5) is 11.3. The molecule has 0 bridgehead atoms. The standard InChI is InChI=1S/C11H13ClF2N2O4S/c12-8-2-1-7(21(15,18)19)5-9(8)16-11(17)3-4-20-6-10(13)14/h1-2,5,10H,3-4,6H2,(H,16,17)(H2,15,18,19). The summed E-state index contributed by atoms with van der Waals surface area (Å²) in [6.45, 7) is -0.947. The molecule has 1 aromatic rings. The number of rotatable bonds is 7.